The van der Waals surface area contributed by atoms with Crippen molar-refractivity contribution in [1.82, 2.24) is 9.80 Å². The summed E-state index contributed by atoms with van der Waals surface area (Å²) in [5.41, 5.74) is 10.7. The molecule has 136 valence electrons. The molecule has 0 unspecified atom stereocenters. The molecular weight excluding hydrogens is 382 g/mol. The minimum atomic E-state index is -3.90. The minimum Gasteiger partial charge on any atom is -0.369 e. The lowest BCUT2D eigenvalue weighted by Gasteiger charge is -2.32. The van der Waals surface area contributed by atoms with Crippen LogP contribution < -0.4 is 11.5 Å². The van der Waals surface area contributed by atoms with Crippen LogP contribution in [0.4, 0.5) is 5.69 Å². The van der Waals surface area contributed by atoms with Crippen molar-refractivity contribution in [2.24, 2.45) is 25.5 Å². The van der Waals surface area contributed by atoms with Gasteiger partial charge in [-0.2, -0.15) is 8.42 Å². The van der Waals surface area contributed by atoms with Crippen molar-refractivity contribution in [1.29, 1.82) is 0 Å². The van der Waals surface area contributed by atoms with Crippen molar-refractivity contribution in [3.05, 3.63) is 24.3 Å². The lowest BCUT2D eigenvalue weighted by molar-refractivity contribution is 0.220. The second-order valence-electron chi connectivity index (χ2n) is 5.31. The number of likely N-dealkylation sites (N-methyl/N-ethyl adjacent to an activating group) is 1. The number of guanidine groups is 1. The van der Waals surface area contributed by atoms with E-state index in [-0.39, 0.29) is 4.90 Å². The van der Waals surface area contributed by atoms with Crippen molar-refractivity contribution in [3.63, 3.8) is 0 Å². The third-order valence-corrected chi connectivity index (χ3v) is 5.78. The number of nitrogens with zero attached hydrogens (tertiary/aromatic N) is 5. The van der Waals surface area contributed by atoms with Gasteiger partial charge in [0.25, 0.3) is 10.0 Å². The SMILES string of the molecule is CN1CCN(C(=S)SN=Nc2ccc(S(=O)(=O)N=C(N)N)cc2)CC1. The van der Waals surface area contributed by atoms with E-state index in [1.165, 1.54) is 24.3 Å². The van der Waals surface area contributed by atoms with Gasteiger partial charge in [0, 0.05) is 26.2 Å². The Hall–Kier alpha value is -1.76. The topological polar surface area (TPSA) is 130 Å². The van der Waals surface area contributed by atoms with Crippen molar-refractivity contribution in [3.8, 4) is 0 Å². The van der Waals surface area contributed by atoms with Gasteiger partial charge < -0.3 is 21.3 Å². The number of hydrogen-bond donors (Lipinski definition) is 2. The highest BCUT2D eigenvalue weighted by Crippen LogP contribution is 2.21. The molecule has 9 nitrogen and oxygen atoms in total. The Morgan fingerprint density at radius 2 is 1.76 bits per heavy atom. The fraction of sp³-hybridized carbons (Fsp3) is 0.385. The summed E-state index contributed by atoms with van der Waals surface area (Å²) in [6.45, 7) is 3.66. The van der Waals surface area contributed by atoms with Crippen LogP contribution in [0, 0.1) is 0 Å². The minimum absolute atomic E-state index is 0.0274. The van der Waals surface area contributed by atoms with E-state index in [0.29, 0.717) is 10.0 Å². The average molecular weight is 402 g/mol. The van der Waals surface area contributed by atoms with Gasteiger partial charge in [0.15, 0.2) is 4.32 Å². The molecule has 0 amide bonds. The Kier molecular flexibility index (Phi) is 6.70. The van der Waals surface area contributed by atoms with Crippen LogP contribution in [0.5, 0.6) is 0 Å². The Morgan fingerprint density at radius 3 is 2.32 bits per heavy atom. The second-order valence-corrected chi connectivity index (χ2v) is 8.30. The van der Waals surface area contributed by atoms with Crippen LogP contribution in [0.25, 0.3) is 0 Å². The van der Waals surface area contributed by atoms with Gasteiger partial charge in [-0.3, -0.25) is 0 Å². The molecule has 0 spiro atoms. The van der Waals surface area contributed by atoms with Gasteiger partial charge in [0.1, 0.15) is 0 Å². The van der Waals surface area contributed by atoms with E-state index < -0.39 is 16.0 Å². The summed E-state index contributed by atoms with van der Waals surface area (Å²) in [6, 6.07) is 5.75. The standard InChI is InChI=1S/C13H19N7O2S3/c1-19-6-8-20(9-7-19)13(23)24-18-16-10-2-4-11(5-3-10)25(21,22)17-12(14)15/h2-5H,6-9H2,1H3,(H4,14,15,17). The first kappa shape index (κ1) is 19.6. The molecule has 0 atom stereocenters. The number of rotatable bonds is 4. The molecule has 4 N–H and O–H groups in total. The molecule has 0 radical (unpaired) electrons. The van der Waals surface area contributed by atoms with Gasteiger partial charge in [-0.1, -0.05) is 12.2 Å². The van der Waals surface area contributed by atoms with E-state index in [2.05, 4.69) is 30.9 Å². The largest absolute Gasteiger partial charge is 0.369 e. The summed E-state index contributed by atoms with van der Waals surface area (Å²) >= 11 is 6.46. The smallest absolute Gasteiger partial charge is 0.285 e. The molecule has 1 aromatic rings. The Bertz CT molecular complexity index is 765. The first-order chi connectivity index (χ1) is 11.8. The molecule has 0 aromatic heterocycles. The number of benzene rings is 1. The molecule has 1 aromatic carbocycles. The maximum atomic E-state index is 11.8. The number of sulfonamides is 1. The zero-order valence-electron chi connectivity index (χ0n) is 13.6. The van der Waals surface area contributed by atoms with Gasteiger partial charge in [-0.25, -0.2) is 0 Å². The van der Waals surface area contributed by atoms with Crippen LogP contribution in [-0.2, 0) is 10.0 Å². The van der Waals surface area contributed by atoms with Crippen LogP contribution >= 0.6 is 24.2 Å². The predicted octanol–water partition coefficient (Wildman–Crippen LogP) is 0.913. The summed E-state index contributed by atoms with van der Waals surface area (Å²) in [4.78, 5) is 4.30. The molecule has 1 aliphatic heterocycles. The monoisotopic (exact) mass is 401 g/mol. The van der Waals surface area contributed by atoms with E-state index in [9.17, 15) is 8.42 Å². The van der Waals surface area contributed by atoms with E-state index in [1.807, 2.05) is 0 Å². The maximum Gasteiger partial charge on any atom is 0.285 e. The van der Waals surface area contributed by atoms with E-state index in [4.69, 9.17) is 23.7 Å². The lowest BCUT2D eigenvalue weighted by atomic mass is 10.3. The molecule has 1 fully saturated rings. The number of piperazine rings is 1. The molecule has 0 saturated carbocycles. The molecule has 1 saturated heterocycles. The summed E-state index contributed by atoms with van der Waals surface area (Å²) in [6.07, 6.45) is 0. The zero-order valence-corrected chi connectivity index (χ0v) is 16.0. The number of hydrogen-bond acceptors (Lipinski definition) is 7. The van der Waals surface area contributed by atoms with Gasteiger partial charge in [0.2, 0.25) is 5.96 Å². The lowest BCUT2D eigenvalue weighted by Crippen LogP contribution is -2.45. The fourth-order valence-corrected chi connectivity index (χ4v) is 3.67. The van der Waals surface area contributed by atoms with Gasteiger partial charge in [-0.15, -0.1) is 14.0 Å². The molecular formula is C13H19N7O2S3. The number of nitrogens with two attached hydrogens (primary N) is 2. The molecule has 1 aliphatic rings. The maximum absolute atomic E-state index is 11.8. The Morgan fingerprint density at radius 1 is 1.16 bits per heavy atom. The third kappa shape index (κ3) is 5.92. The van der Waals surface area contributed by atoms with Crippen LogP contribution in [0.1, 0.15) is 0 Å². The predicted molar refractivity (Wildman–Crippen MR) is 103 cm³/mol. The molecule has 2 rings (SSSR count). The van der Waals surface area contributed by atoms with Crippen LogP contribution in [0.2, 0.25) is 0 Å². The highest BCUT2D eigenvalue weighted by Gasteiger charge is 2.16. The van der Waals surface area contributed by atoms with Gasteiger partial charge in [0.05, 0.1) is 22.5 Å². The van der Waals surface area contributed by atoms with Crippen LogP contribution in [0.15, 0.2) is 43.2 Å². The third-order valence-electron chi connectivity index (χ3n) is 3.40. The van der Waals surface area contributed by atoms with Crippen molar-refractivity contribution < 1.29 is 8.42 Å². The quantitative estimate of drug-likeness (QED) is 0.250. The second kappa shape index (κ2) is 8.56. The Balaban J connectivity index is 1.94. The summed E-state index contributed by atoms with van der Waals surface area (Å²) in [7, 11) is -1.83. The highest BCUT2D eigenvalue weighted by molar-refractivity contribution is 8.21. The van der Waals surface area contributed by atoms with Crippen molar-refractivity contribution >= 4 is 50.2 Å². The van der Waals surface area contributed by atoms with E-state index >= 15 is 0 Å². The molecule has 12 heteroatoms. The van der Waals surface area contributed by atoms with Crippen LogP contribution in [0.3, 0.4) is 0 Å². The molecule has 0 bridgehead atoms. The zero-order chi connectivity index (χ0) is 18.4. The van der Waals surface area contributed by atoms with Crippen molar-refractivity contribution in [2.75, 3.05) is 33.2 Å². The molecule has 1 heterocycles. The first-order valence-corrected chi connectivity index (χ1v) is 9.91. The summed E-state index contributed by atoms with van der Waals surface area (Å²) in [5.74, 6) is -0.516. The van der Waals surface area contributed by atoms with Gasteiger partial charge in [-0.05, 0) is 31.3 Å². The van der Waals surface area contributed by atoms with Gasteiger partial charge >= 0.3 is 0 Å². The fourth-order valence-electron chi connectivity index (χ4n) is 2.03. The summed E-state index contributed by atoms with van der Waals surface area (Å²) < 4.78 is 31.5. The van der Waals surface area contributed by atoms with E-state index in [0.717, 1.165) is 38.1 Å². The number of thiocarbonyl (C=S) groups is 1. The highest BCUT2D eigenvalue weighted by atomic mass is 32.2. The first-order valence-electron chi connectivity index (χ1n) is 7.29. The molecule has 0 aliphatic carbocycles. The van der Waals surface area contributed by atoms with Crippen LogP contribution in [-0.4, -0.2) is 61.7 Å². The normalized spacial score (nSPS) is 16.1. The summed E-state index contributed by atoms with van der Waals surface area (Å²) in [5, 5.41) is 4.02. The average Bonchev–Trinajstić information content (AvgIpc) is 2.54. The Labute approximate surface area is 156 Å². The molecule has 25 heavy (non-hydrogen) atoms. The van der Waals surface area contributed by atoms with E-state index in [1.54, 1.807) is 0 Å². The van der Waals surface area contributed by atoms with Crippen molar-refractivity contribution in [2.45, 2.75) is 4.90 Å².